The van der Waals surface area contributed by atoms with Crippen LogP contribution < -0.4 is 10.1 Å². The number of rotatable bonds is 6. The standard InChI is InChI=1S/C13H17BrClNO/c1-9(2)16-7-10(3)8-17-13-5-4-11(15)6-12(13)14/h4-6,9,16H,3,7-8H2,1-2H3. The Morgan fingerprint density at radius 1 is 1.53 bits per heavy atom. The number of nitrogens with one attached hydrogen (secondary N) is 1. The molecule has 0 unspecified atom stereocenters. The molecule has 0 aromatic heterocycles. The van der Waals surface area contributed by atoms with E-state index in [-0.39, 0.29) is 0 Å². The number of halogens is 2. The van der Waals surface area contributed by atoms with Gasteiger partial charge in [0.05, 0.1) is 4.47 Å². The molecule has 0 aliphatic rings. The van der Waals surface area contributed by atoms with E-state index < -0.39 is 0 Å². The molecule has 1 N–H and O–H groups in total. The van der Waals surface area contributed by atoms with E-state index in [1.165, 1.54) is 0 Å². The third kappa shape index (κ3) is 5.57. The summed E-state index contributed by atoms with van der Waals surface area (Å²) in [6, 6.07) is 5.91. The molecule has 0 atom stereocenters. The van der Waals surface area contributed by atoms with Crippen LogP contribution in [0.3, 0.4) is 0 Å². The smallest absolute Gasteiger partial charge is 0.134 e. The van der Waals surface area contributed by atoms with E-state index in [0.717, 1.165) is 22.3 Å². The van der Waals surface area contributed by atoms with E-state index >= 15 is 0 Å². The molecule has 4 heteroatoms. The Kier molecular flexibility index (Phi) is 6.03. The summed E-state index contributed by atoms with van der Waals surface area (Å²) in [5.41, 5.74) is 1.01. The number of hydrogen-bond donors (Lipinski definition) is 1. The Hall–Kier alpha value is -0.510. The van der Waals surface area contributed by atoms with E-state index in [2.05, 4.69) is 41.7 Å². The molecule has 0 aliphatic heterocycles. The van der Waals surface area contributed by atoms with Gasteiger partial charge in [-0.15, -0.1) is 0 Å². The molecule has 0 aliphatic carbocycles. The zero-order valence-corrected chi connectivity index (χ0v) is 12.4. The molecule has 1 aromatic carbocycles. The van der Waals surface area contributed by atoms with Crippen molar-refractivity contribution in [3.8, 4) is 5.75 Å². The highest BCUT2D eigenvalue weighted by Gasteiger charge is 2.03. The highest BCUT2D eigenvalue weighted by atomic mass is 79.9. The first-order chi connectivity index (χ1) is 7.99. The highest BCUT2D eigenvalue weighted by Crippen LogP contribution is 2.28. The van der Waals surface area contributed by atoms with Crippen LogP contribution in [0.4, 0.5) is 0 Å². The van der Waals surface area contributed by atoms with E-state index in [1.54, 1.807) is 6.07 Å². The fourth-order valence-corrected chi connectivity index (χ4v) is 1.97. The second-order valence-corrected chi connectivity index (χ2v) is 5.44. The van der Waals surface area contributed by atoms with Crippen LogP contribution in [0.1, 0.15) is 13.8 Å². The van der Waals surface area contributed by atoms with Crippen molar-refractivity contribution in [2.75, 3.05) is 13.2 Å². The van der Waals surface area contributed by atoms with Crippen LogP contribution in [0.15, 0.2) is 34.8 Å². The molecule has 94 valence electrons. The maximum absolute atomic E-state index is 5.85. The molecule has 1 aromatic rings. The van der Waals surface area contributed by atoms with Gasteiger partial charge in [-0.2, -0.15) is 0 Å². The topological polar surface area (TPSA) is 21.3 Å². The third-order valence-corrected chi connectivity index (χ3v) is 2.94. The SMILES string of the molecule is C=C(CNC(C)C)COc1ccc(Cl)cc1Br. The molecule has 0 saturated carbocycles. The van der Waals surface area contributed by atoms with Crippen molar-refractivity contribution in [2.45, 2.75) is 19.9 Å². The fourth-order valence-electron chi connectivity index (χ4n) is 1.17. The average molecular weight is 319 g/mol. The number of ether oxygens (including phenoxy) is 1. The second-order valence-electron chi connectivity index (χ2n) is 4.15. The van der Waals surface area contributed by atoms with Crippen molar-refractivity contribution in [1.29, 1.82) is 0 Å². The summed E-state index contributed by atoms with van der Waals surface area (Å²) < 4.78 is 6.50. The first kappa shape index (κ1) is 14.6. The van der Waals surface area contributed by atoms with Gasteiger partial charge >= 0.3 is 0 Å². The third-order valence-electron chi connectivity index (χ3n) is 2.09. The predicted molar refractivity (Wildman–Crippen MR) is 76.9 cm³/mol. The minimum atomic E-state index is 0.453. The largest absolute Gasteiger partial charge is 0.488 e. The van der Waals surface area contributed by atoms with Crippen LogP contribution in [-0.4, -0.2) is 19.2 Å². The van der Waals surface area contributed by atoms with E-state index in [0.29, 0.717) is 17.7 Å². The summed E-state index contributed by atoms with van der Waals surface area (Å²) >= 11 is 9.26. The summed E-state index contributed by atoms with van der Waals surface area (Å²) in [6.45, 7) is 9.43. The van der Waals surface area contributed by atoms with Crippen LogP contribution >= 0.6 is 27.5 Å². The van der Waals surface area contributed by atoms with Crippen LogP contribution in [0.5, 0.6) is 5.75 Å². The van der Waals surface area contributed by atoms with Crippen molar-refractivity contribution in [3.05, 3.63) is 39.8 Å². The van der Waals surface area contributed by atoms with Gasteiger partial charge in [0.2, 0.25) is 0 Å². The van der Waals surface area contributed by atoms with Gasteiger partial charge in [-0.25, -0.2) is 0 Å². The van der Waals surface area contributed by atoms with Gasteiger partial charge in [-0.05, 0) is 39.7 Å². The van der Waals surface area contributed by atoms with Crippen molar-refractivity contribution in [2.24, 2.45) is 0 Å². The van der Waals surface area contributed by atoms with Crippen LogP contribution in [0, 0.1) is 0 Å². The molecular formula is C13H17BrClNO. The first-order valence-electron chi connectivity index (χ1n) is 5.47. The lowest BCUT2D eigenvalue weighted by molar-refractivity contribution is 0.345. The fraction of sp³-hybridized carbons (Fsp3) is 0.385. The van der Waals surface area contributed by atoms with Crippen molar-refractivity contribution >= 4 is 27.5 Å². The Labute approximate surface area is 116 Å². The van der Waals surface area contributed by atoms with E-state index in [1.807, 2.05) is 12.1 Å². The maximum Gasteiger partial charge on any atom is 0.134 e. The van der Waals surface area contributed by atoms with Crippen LogP contribution in [-0.2, 0) is 0 Å². The monoisotopic (exact) mass is 317 g/mol. The average Bonchev–Trinajstić information content (AvgIpc) is 2.25. The molecule has 0 bridgehead atoms. The van der Waals surface area contributed by atoms with Crippen molar-refractivity contribution in [3.63, 3.8) is 0 Å². The first-order valence-corrected chi connectivity index (χ1v) is 6.64. The zero-order valence-electron chi connectivity index (χ0n) is 10.1. The number of hydrogen-bond acceptors (Lipinski definition) is 2. The summed E-state index contributed by atoms with van der Waals surface area (Å²) in [7, 11) is 0. The van der Waals surface area contributed by atoms with Crippen molar-refractivity contribution in [1.82, 2.24) is 5.32 Å². The molecule has 17 heavy (non-hydrogen) atoms. The minimum Gasteiger partial charge on any atom is -0.488 e. The van der Waals surface area contributed by atoms with Gasteiger partial charge in [0.25, 0.3) is 0 Å². The predicted octanol–water partition coefficient (Wildman–Crippen LogP) is 4.04. The molecule has 0 amide bonds. The molecule has 0 saturated heterocycles. The quantitative estimate of drug-likeness (QED) is 0.799. The molecule has 1 rings (SSSR count). The second kappa shape index (κ2) is 7.04. The normalized spacial score (nSPS) is 10.6. The minimum absolute atomic E-state index is 0.453. The Balaban J connectivity index is 2.42. The van der Waals surface area contributed by atoms with E-state index in [4.69, 9.17) is 16.3 Å². The van der Waals surface area contributed by atoms with Gasteiger partial charge in [0.1, 0.15) is 12.4 Å². The lowest BCUT2D eigenvalue weighted by atomic mass is 10.3. The molecular weight excluding hydrogens is 302 g/mol. The van der Waals surface area contributed by atoms with Gasteiger partial charge in [-0.1, -0.05) is 32.0 Å². The summed E-state index contributed by atoms with van der Waals surface area (Å²) in [5, 5.41) is 3.98. The van der Waals surface area contributed by atoms with Gasteiger partial charge in [0.15, 0.2) is 0 Å². The number of benzene rings is 1. The Morgan fingerprint density at radius 3 is 2.82 bits per heavy atom. The summed E-state index contributed by atoms with van der Waals surface area (Å²) in [6.07, 6.45) is 0. The zero-order chi connectivity index (χ0) is 12.8. The highest BCUT2D eigenvalue weighted by molar-refractivity contribution is 9.10. The molecule has 2 nitrogen and oxygen atoms in total. The van der Waals surface area contributed by atoms with Crippen LogP contribution in [0.25, 0.3) is 0 Å². The lowest BCUT2D eigenvalue weighted by Crippen LogP contribution is -2.26. The van der Waals surface area contributed by atoms with Crippen molar-refractivity contribution < 1.29 is 4.74 Å². The summed E-state index contributed by atoms with van der Waals surface area (Å²) in [5.74, 6) is 0.778. The Morgan fingerprint density at radius 2 is 2.24 bits per heavy atom. The molecule has 0 heterocycles. The van der Waals surface area contributed by atoms with E-state index in [9.17, 15) is 0 Å². The lowest BCUT2D eigenvalue weighted by Gasteiger charge is -2.12. The molecule has 0 spiro atoms. The molecule has 0 radical (unpaired) electrons. The molecule has 0 fully saturated rings. The maximum atomic E-state index is 5.85. The van der Waals surface area contributed by atoms with Crippen LogP contribution in [0.2, 0.25) is 5.02 Å². The van der Waals surface area contributed by atoms with Gasteiger partial charge < -0.3 is 10.1 Å². The van der Waals surface area contributed by atoms with Gasteiger partial charge in [0, 0.05) is 17.6 Å². The van der Waals surface area contributed by atoms with Gasteiger partial charge in [-0.3, -0.25) is 0 Å². The Bertz CT molecular complexity index is 393. The summed E-state index contributed by atoms with van der Waals surface area (Å²) in [4.78, 5) is 0.